The molecule has 0 N–H and O–H groups in total. The van der Waals surface area contributed by atoms with Crippen molar-refractivity contribution in [3.05, 3.63) is 39.9 Å². The molecule has 0 amide bonds. The van der Waals surface area contributed by atoms with Crippen LogP contribution in [-0.4, -0.2) is 39.5 Å². The quantitative estimate of drug-likeness (QED) is 0.851. The number of rotatable bonds is 2. The fourth-order valence-electron chi connectivity index (χ4n) is 3.49. The number of fused-ring (bicyclic) bond motifs is 2. The van der Waals surface area contributed by atoms with Gasteiger partial charge in [0.25, 0.3) is 0 Å². The number of likely N-dealkylation sites (tertiary alicyclic amines) is 1. The average Bonchev–Trinajstić information content (AvgIpc) is 3.04. The second-order valence-electron chi connectivity index (χ2n) is 6.13. The van der Waals surface area contributed by atoms with Crippen LogP contribution in [0.2, 0.25) is 0 Å². The summed E-state index contributed by atoms with van der Waals surface area (Å²) in [5.74, 6) is 0.843. The summed E-state index contributed by atoms with van der Waals surface area (Å²) in [5, 5.41) is 0. The van der Waals surface area contributed by atoms with Crippen LogP contribution in [0.15, 0.2) is 17.9 Å². The maximum atomic E-state index is 6.24. The molecule has 4 heterocycles. The Morgan fingerprint density at radius 1 is 1.32 bits per heavy atom. The Morgan fingerprint density at radius 3 is 2.95 bits per heavy atom. The van der Waals surface area contributed by atoms with E-state index in [-0.39, 0.29) is 5.60 Å². The van der Waals surface area contributed by atoms with Gasteiger partial charge >= 0.3 is 0 Å². The number of hydrogen-bond acceptors (Lipinski definition) is 6. The molecule has 0 aromatic carbocycles. The Morgan fingerprint density at radius 2 is 2.18 bits per heavy atom. The van der Waals surface area contributed by atoms with Crippen LogP contribution in [0.4, 0.5) is 0 Å². The van der Waals surface area contributed by atoms with Gasteiger partial charge in [0.15, 0.2) is 0 Å². The van der Waals surface area contributed by atoms with E-state index in [1.165, 1.54) is 10.4 Å². The minimum atomic E-state index is -0.189. The summed E-state index contributed by atoms with van der Waals surface area (Å²) in [6.07, 6.45) is 6.91. The highest BCUT2D eigenvalue weighted by Crippen LogP contribution is 2.40. The van der Waals surface area contributed by atoms with E-state index in [4.69, 9.17) is 9.72 Å². The van der Waals surface area contributed by atoms with Crippen molar-refractivity contribution in [2.45, 2.75) is 38.3 Å². The van der Waals surface area contributed by atoms with Gasteiger partial charge in [-0.3, -0.25) is 9.88 Å². The van der Waals surface area contributed by atoms with Crippen molar-refractivity contribution in [2.24, 2.45) is 0 Å². The molecule has 22 heavy (non-hydrogen) atoms. The molecule has 0 unspecified atom stereocenters. The molecule has 1 spiro atoms. The van der Waals surface area contributed by atoms with Crippen LogP contribution < -0.4 is 0 Å². The summed E-state index contributed by atoms with van der Waals surface area (Å²) in [6.45, 7) is 5.83. The van der Waals surface area contributed by atoms with Crippen molar-refractivity contribution in [2.75, 3.05) is 19.7 Å². The summed E-state index contributed by atoms with van der Waals surface area (Å²) in [5.41, 5.74) is 4.13. The number of hydrogen-bond donors (Lipinski definition) is 0. The van der Waals surface area contributed by atoms with Crippen molar-refractivity contribution in [3.8, 4) is 0 Å². The topological polar surface area (TPSA) is 51.1 Å². The van der Waals surface area contributed by atoms with Crippen molar-refractivity contribution >= 4 is 11.3 Å². The Hall–Kier alpha value is -1.37. The van der Waals surface area contributed by atoms with E-state index in [1.807, 2.05) is 24.8 Å². The average molecular weight is 316 g/mol. The first-order chi connectivity index (χ1) is 10.8. The maximum absolute atomic E-state index is 6.24. The molecule has 116 valence electrons. The van der Waals surface area contributed by atoms with Gasteiger partial charge in [-0.1, -0.05) is 0 Å². The molecule has 2 aromatic heterocycles. The first-order valence-electron chi connectivity index (χ1n) is 7.82. The van der Waals surface area contributed by atoms with E-state index in [0.29, 0.717) is 0 Å². The summed E-state index contributed by atoms with van der Waals surface area (Å²) in [6, 6.07) is 0. The summed E-state index contributed by atoms with van der Waals surface area (Å²) >= 11 is 1.73. The maximum Gasteiger partial charge on any atom is 0.125 e. The summed E-state index contributed by atoms with van der Waals surface area (Å²) in [7, 11) is 0. The van der Waals surface area contributed by atoms with E-state index in [9.17, 15) is 0 Å². The molecule has 2 aliphatic rings. The first-order valence-corrected chi connectivity index (χ1v) is 8.70. The lowest BCUT2D eigenvalue weighted by Crippen LogP contribution is -2.47. The van der Waals surface area contributed by atoms with Crippen LogP contribution in [0.3, 0.4) is 0 Å². The third kappa shape index (κ3) is 2.55. The predicted octanol–water partition coefficient (Wildman–Crippen LogP) is 2.31. The van der Waals surface area contributed by atoms with Crippen LogP contribution in [0, 0.1) is 6.92 Å². The minimum absolute atomic E-state index is 0.189. The Kier molecular flexibility index (Phi) is 3.68. The second-order valence-corrected chi connectivity index (χ2v) is 7.10. The molecule has 0 saturated carbocycles. The number of thiazole rings is 1. The van der Waals surface area contributed by atoms with Gasteiger partial charge in [-0.25, -0.2) is 9.97 Å². The SMILES string of the molecule is Cc1ncc2c(n1)C1(CCN(Cc3cncs3)CC1)OCC2. The first kappa shape index (κ1) is 14.2. The molecule has 0 aliphatic carbocycles. The van der Waals surface area contributed by atoms with Crippen LogP contribution in [-0.2, 0) is 23.3 Å². The van der Waals surface area contributed by atoms with Crippen molar-refractivity contribution in [1.29, 1.82) is 0 Å². The van der Waals surface area contributed by atoms with Crippen molar-refractivity contribution in [3.63, 3.8) is 0 Å². The Balaban J connectivity index is 1.52. The molecular weight excluding hydrogens is 296 g/mol. The highest BCUT2D eigenvalue weighted by atomic mass is 32.1. The predicted molar refractivity (Wildman–Crippen MR) is 84.7 cm³/mol. The fourth-order valence-corrected chi connectivity index (χ4v) is 4.13. The molecule has 5 nitrogen and oxygen atoms in total. The zero-order chi connectivity index (χ0) is 15.0. The van der Waals surface area contributed by atoms with E-state index in [1.54, 1.807) is 11.3 Å². The van der Waals surface area contributed by atoms with Crippen LogP contribution in [0.5, 0.6) is 0 Å². The van der Waals surface area contributed by atoms with Crippen LogP contribution in [0.1, 0.15) is 34.8 Å². The molecule has 1 fully saturated rings. The lowest BCUT2D eigenvalue weighted by molar-refractivity contribution is -0.102. The highest BCUT2D eigenvalue weighted by molar-refractivity contribution is 7.09. The Labute approximate surface area is 134 Å². The minimum Gasteiger partial charge on any atom is -0.368 e. The molecule has 0 bridgehead atoms. The van der Waals surface area contributed by atoms with Gasteiger partial charge in [0.2, 0.25) is 0 Å². The number of nitrogens with zero attached hydrogens (tertiary/aromatic N) is 4. The lowest BCUT2D eigenvalue weighted by atomic mass is 9.83. The van der Waals surface area contributed by atoms with Gasteiger partial charge in [0.1, 0.15) is 11.4 Å². The van der Waals surface area contributed by atoms with Gasteiger partial charge in [0, 0.05) is 36.9 Å². The third-order valence-corrected chi connectivity index (χ3v) is 5.46. The molecular formula is C16H20N4OS. The molecule has 0 radical (unpaired) electrons. The Bertz CT molecular complexity index is 650. The zero-order valence-corrected chi connectivity index (χ0v) is 13.6. The molecule has 0 atom stereocenters. The molecule has 6 heteroatoms. The lowest BCUT2D eigenvalue weighted by Gasteiger charge is -2.44. The number of ether oxygens (including phenoxy) is 1. The van der Waals surface area contributed by atoms with Gasteiger partial charge < -0.3 is 4.74 Å². The summed E-state index contributed by atoms with van der Waals surface area (Å²) < 4.78 is 6.24. The fraction of sp³-hybridized carbons (Fsp3) is 0.562. The van der Waals surface area contributed by atoms with Crippen molar-refractivity contribution < 1.29 is 4.74 Å². The number of aryl methyl sites for hydroxylation is 1. The van der Waals surface area contributed by atoms with Crippen LogP contribution in [0.25, 0.3) is 0 Å². The third-order valence-electron chi connectivity index (χ3n) is 4.69. The summed E-state index contributed by atoms with van der Waals surface area (Å²) in [4.78, 5) is 17.1. The van der Waals surface area contributed by atoms with Gasteiger partial charge in [-0.15, -0.1) is 11.3 Å². The normalized spacial score (nSPS) is 21.0. The highest BCUT2D eigenvalue weighted by Gasteiger charge is 2.42. The van der Waals surface area contributed by atoms with E-state index < -0.39 is 0 Å². The molecule has 2 aliphatic heterocycles. The second kappa shape index (κ2) is 5.68. The smallest absolute Gasteiger partial charge is 0.125 e. The molecule has 1 saturated heterocycles. The van der Waals surface area contributed by atoms with E-state index in [2.05, 4.69) is 14.9 Å². The van der Waals surface area contributed by atoms with Gasteiger partial charge in [-0.2, -0.15) is 0 Å². The zero-order valence-electron chi connectivity index (χ0n) is 12.8. The van der Waals surface area contributed by atoms with Gasteiger partial charge in [-0.05, 0) is 31.7 Å². The monoisotopic (exact) mass is 316 g/mol. The standard InChI is InChI=1S/C16H20N4OS/c1-12-18-8-13-2-7-21-16(15(13)19-12)3-5-20(6-4-16)10-14-9-17-11-22-14/h8-9,11H,2-7,10H2,1H3. The molecule has 4 rings (SSSR count). The largest absolute Gasteiger partial charge is 0.368 e. The molecule has 2 aromatic rings. The van der Waals surface area contributed by atoms with Crippen molar-refractivity contribution in [1.82, 2.24) is 19.9 Å². The number of aromatic nitrogens is 3. The van der Waals surface area contributed by atoms with Crippen LogP contribution >= 0.6 is 11.3 Å². The van der Waals surface area contributed by atoms with E-state index >= 15 is 0 Å². The van der Waals surface area contributed by atoms with Gasteiger partial charge in [0.05, 0.1) is 17.8 Å². The number of piperidine rings is 1. The van der Waals surface area contributed by atoms with E-state index in [0.717, 1.165) is 57.0 Å².